The van der Waals surface area contributed by atoms with E-state index in [9.17, 15) is 0 Å². The van der Waals surface area contributed by atoms with E-state index >= 15 is 0 Å². The summed E-state index contributed by atoms with van der Waals surface area (Å²) < 4.78 is 11.2. The molecule has 0 spiro atoms. The van der Waals surface area contributed by atoms with Gasteiger partial charge in [-0.05, 0) is 57.3 Å². The minimum absolute atomic E-state index is 0. The van der Waals surface area contributed by atoms with Crippen LogP contribution in [0, 0.1) is 18.8 Å². The number of aromatic nitrogens is 3. The van der Waals surface area contributed by atoms with Crippen LogP contribution >= 0.6 is 0 Å². The van der Waals surface area contributed by atoms with Crippen molar-refractivity contribution < 1.29 is 25.8 Å². The number of rotatable bonds is 9. The van der Waals surface area contributed by atoms with Gasteiger partial charge in [0, 0.05) is 84.2 Å². The van der Waals surface area contributed by atoms with E-state index < -0.39 is 0 Å². The van der Waals surface area contributed by atoms with E-state index in [0.29, 0.717) is 11.5 Å². The van der Waals surface area contributed by atoms with Crippen molar-refractivity contribution in [2.24, 2.45) is 0 Å². The number of hydrogen-bond acceptors (Lipinski definition) is 4. The topological polar surface area (TPSA) is 38.5 Å². The molecule has 0 bridgehead atoms. The van der Waals surface area contributed by atoms with E-state index in [1.807, 2.05) is 24.4 Å². The summed E-state index contributed by atoms with van der Waals surface area (Å²) in [6.45, 7) is 8.97. The molecule has 0 N–H and O–H groups in total. The molecule has 1 aliphatic heterocycles. The first-order valence-electron chi connectivity index (χ1n) is 23.0. The molecule has 1 aliphatic rings. The third kappa shape index (κ3) is 7.91. The Morgan fingerprint density at radius 1 is 0.507 bits per heavy atom. The summed E-state index contributed by atoms with van der Waals surface area (Å²) in [5.74, 6) is 1.90. The zero-order valence-electron chi connectivity index (χ0n) is 38.3. The van der Waals surface area contributed by atoms with Gasteiger partial charge in [0.1, 0.15) is 0 Å². The largest absolute Gasteiger partial charge is 0.509 e. The van der Waals surface area contributed by atoms with Gasteiger partial charge in [0.15, 0.2) is 0 Å². The van der Waals surface area contributed by atoms with Crippen LogP contribution in [0.2, 0.25) is 0 Å². The van der Waals surface area contributed by atoms with Gasteiger partial charge in [-0.2, -0.15) is 12.1 Å². The van der Waals surface area contributed by atoms with E-state index in [2.05, 4.69) is 253 Å². The van der Waals surface area contributed by atoms with E-state index in [0.717, 1.165) is 84.0 Å². The Kier molecular flexibility index (Phi) is 11.4. The molecule has 0 amide bonds. The Labute approximate surface area is 417 Å². The SMILES string of the molecule is CC(C)(C)c1ccc(-c2ccccc2)c(N2[CH-]N(c3[c-]c(Oc4[c-]c5c(cc4)c4ccccc4n5-c4nccn4-c4c(-c5ccccc5)cccc4-c4ccccc4)ccc3)c3ccccc32)c1.[Pt]. The predicted octanol–water partition coefficient (Wildman–Crippen LogP) is 16.1. The second-order valence-electron chi connectivity index (χ2n) is 18.2. The van der Waals surface area contributed by atoms with Gasteiger partial charge in [0.05, 0.1) is 5.69 Å². The number of fused-ring (bicyclic) bond motifs is 4. The van der Waals surface area contributed by atoms with Crippen molar-refractivity contribution in [2.75, 3.05) is 9.80 Å². The van der Waals surface area contributed by atoms with Crippen LogP contribution in [-0.4, -0.2) is 14.1 Å². The van der Waals surface area contributed by atoms with Crippen molar-refractivity contribution in [3.8, 4) is 56.5 Å². The molecule has 12 rings (SSSR count). The number of hydrogen-bond donors (Lipinski definition) is 0. The van der Waals surface area contributed by atoms with Gasteiger partial charge in [-0.3, -0.25) is 4.57 Å². The van der Waals surface area contributed by atoms with Gasteiger partial charge in [-0.1, -0.05) is 178 Å². The fraction of sp³-hybridized carbons (Fsp3) is 0.0645. The van der Waals surface area contributed by atoms with Crippen molar-refractivity contribution >= 4 is 44.6 Å². The summed E-state index contributed by atoms with van der Waals surface area (Å²) in [5.41, 5.74) is 15.0. The normalized spacial score (nSPS) is 12.3. The van der Waals surface area contributed by atoms with Crippen LogP contribution in [0.15, 0.2) is 219 Å². The molecule has 7 heteroatoms. The Bertz CT molecular complexity index is 3570. The molecule has 0 saturated heterocycles. The fourth-order valence-corrected chi connectivity index (χ4v) is 9.59. The number of anilines is 4. The minimum Gasteiger partial charge on any atom is -0.509 e. The number of benzene rings is 9. The van der Waals surface area contributed by atoms with E-state index in [4.69, 9.17) is 9.72 Å². The number of para-hydroxylation sites is 4. The second kappa shape index (κ2) is 18.0. The van der Waals surface area contributed by atoms with Gasteiger partial charge in [0.2, 0.25) is 5.95 Å². The molecule has 11 aromatic rings. The average molecular weight is 1070 g/mol. The van der Waals surface area contributed by atoms with Crippen LogP contribution in [-0.2, 0) is 26.5 Å². The molecule has 2 aromatic heterocycles. The van der Waals surface area contributed by atoms with Crippen molar-refractivity contribution in [2.45, 2.75) is 26.2 Å². The first-order valence-corrected chi connectivity index (χ1v) is 23.0. The van der Waals surface area contributed by atoms with Crippen LogP contribution in [0.25, 0.3) is 66.8 Å². The molecule has 9 aromatic carbocycles. The molecular weight excluding hydrogens is 1030 g/mol. The first-order chi connectivity index (χ1) is 33.4. The predicted molar refractivity (Wildman–Crippen MR) is 279 cm³/mol. The van der Waals surface area contributed by atoms with Gasteiger partial charge >= 0.3 is 0 Å². The maximum absolute atomic E-state index is 6.75. The summed E-state index contributed by atoms with van der Waals surface area (Å²) in [6, 6.07) is 79.6. The first kappa shape index (κ1) is 43.6. The fourth-order valence-electron chi connectivity index (χ4n) is 9.59. The zero-order valence-corrected chi connectivity index (χ0v) is 40.6. The third-order valence-corrected chi connectivity index (χ3v) is 12.9. The van der Waals surface area contributed by atoms with Gasteiger partial charge in [0.25, 0.3) is 0 Å². The van der Waals surface area contributed by atoms with E-state index in [-0.39, 0.29) is 26.5 Å². The number of nitrogens with zero attached hydrogens (tertiary/aromatic N) is 5. The molecule has 3 heterocycles. The molecule has 0 atom stereocenters. The summed E-state index contributed by atoms with van der Waals surface area (Å²) in [5, 5.41) is 2.15. The molecule has 69 heavy (non-hydrogen) atoms. The molecule has 338 valence electrons. The quantitative estimate of drug-likeness (QED) is 0.135. The van der Waals surface area contributed by atoms with Crippen molar-refractivity contribution in [3.63, 3.8) is 0 Å². The maximum Gasteiger partial charge on any atom is 0.217 e. The monoisotopic (exact) mass is 1070 g/mol. The molecule has 0 saturated carbocycles. The van der Waals surface area contributed by atoms with E-state index in [1.54, 1.807) is 0 Å². The summed E-state index contributed by atoms with van der Waals surface area (Å²) in [7, 11) is 0. The third-order valence-electron chi connectivity index (χ3n) is 12.9. The average Bonchev–Trinajstić information content (AvgIpc) is 4.11. The molecular formula is C62H46N5OPt-3. The number of ether oxygens (including phenoxy) is 1. The van der Waals surface area contributed by atoms with Crippen molar-refractivity contribution in [3.05, 3.63) is 243 Å². The van der Waals surface area contributed by atoms with E-state index in [1.165, 1.54) is 11.1 Å². The molecule has 0 aliphatic carbocycles. The maximum atomic E-state index is 6.75. The Balaban J connectivity index is 0.00000520. The summed E-state index contributed by atoms with van der Waals surface area (Å²) in [4.78, 5) is 9.61. The Morgan fingerprint density at radius 2 is 1.10 bits per heavy atom. The van der Waals surface area contributed by atoms with Gasteiger partial charge in [-0.15, -0.1) is 48.1 Å². The summed E-state index contributed by atoms with van der Waals surface area (Å²) >= 11 is 0. The van der Waals surface area contributed by atoms with Gasteiger partial charge in [-0.25, -0.2) is 4.98 Å². The van der Waals surface area contributed by atoms with Crippen LogP contribution in [0.1, 0.15) is 26.3 Å². The van der Waals surface area contributed by atoms with Crippen LogP contribution in [0.5, 0.6) is 11.5 Å². The molecule has 0 unspecified atom stereocenters. The molecule has 0 radical (unpaired) electrons. The summed E-state index contributed by atoms with van der Waals surface area (Å²) in [6.07, 6.45) is 3.94. The standard InChI is InChI=1S/C62H46N5O.Pt/c1-62(2,3)46-33-35-50(43-19-7-4-8-20-43)58(39-46)66-42-65(56-31-15-16-32-57(56)66)47-25-17-26-48(40-47)68-49-34-36-54-53-27-13-14-30-55(53)67(59(54)41-49)61-63-37-38-64(61)60-51(44-21-9-5-10-22-44)28-18-29-52(60)45-23-11-6-12-24-45;/h4-39,42H,1-3H3;/q-3;. The van der Waals surface area contributed by atoms with Gasteiger partial charge < -0.3 is 19.1 Å². The minimum atomic E-state index is -0.0305. The number of imidazole rings is 1. The van der Waals surface area contributed by atoms with Crippen LogP contribution in [0.3, 0.4) is 0 Å². The smallest absolute Gasteiger partial charge is 0.217 e. The Hall–Kier alpha value is -7.92. The second-order valence-corrected chi connectivity index (χ2v) is 18.2. The van der Waals surface area contributed by atoms with Crippen LogP contribution < -0.4 is 14.5 Å². The molecule has 0 fully saturated rings. The van der Waals surface area contributed by atoms with Crippen molar-refractivity contribution in [1.29, 1.82) is 0 Å². The molecule has 6 nitrogen and oxygen atoms in total. The van der Waals surface area contributed by atoms with Crippen molar-refractivity contribution in [1.82, 2.24) is 14.1 Å². The Morgan fingerprint density at radius 3 is 1.78 bits per heavy atom. The van der Waals surface area contributed by atoms with Crippen LogP contribution in [0.4, 0.5) is 22.7 Å². The zero-order chi connectivity index (χ0) is 45.8.